The normalized spacial score (nSPS) is 11.5. The number of nitrogens with zero attached hydrogens (tertiary/aromatic N) is 4. The summed E-state index contributed by atoms with van der Waals surface area (Å²) in [5.74, 6) is 0. The molecule has 4 nitrogen and oxygen atoms in total. The molecule has 0 amide bonds. The molecular formula is C35H26N4. The molecule has 0 bridgehead atoms. The van der Waals surface area contributed by atoms with Gasteiger partial charge in [-0.1, -0.05) is 48.5 Å². The van der Waals surface area contributed by atoms with Crippen LogP contribution in [0.3, 0.4) is 0 Å². The van der Waals surface area contributed by atoms with Crippen LogP contribution in [0.1, 0.15) is 11.1 Å². The Morgan fingerprint density at radius 1 is 0.410 bits per heavy atom. The van der Waals surface area contributed by atoms with Gasteiger partial charge in [0.2, 0.25) is 0 Å². The van der Waals surface area contributed by atoms with Crippen LogP contribution in [-0.2, 0) is 6.42 Å². The van der Waals surface area contributed by atoms with Crippen molar-refractivity contribution in [3.05, 3.63) is 157 Å². The van der Waals surface area contributed by atoms with Crippen molar-refractivity contribution >= 4 is 34.1 Å². The lowest BCUT2D eigenvalue weighted by atomic mass is 10.0. The topological polar surface area (TPSA) is 32.3 Å². The molecule has 0 saturated heterocycles. The van der Waals surface area contributed by atoms with Gasteiger partial charge >= 0.3 is 0 Å². The summed E-state index contributed by atoms with van der Waals surface area (Å²) in [6.07, 6.45) is 8.34. The standard InChI is InChI=1S/C35H26N4/c1-3-9-28(10-4-1)38(32-13-7-19-36-24-32)30-15-17-34-26(22-30)21-27-23-31(16-18-35(27)34)39(29-11-5-2-6-12-29)33-14-8-20-37-25-33/h1-20,22-25H,21H2. The van der Waals surface area contributed by atoms with Crippen molar-refractivity contribution in [1.82, 2.24) is 9.97 Å². The third kappa shape index (κ3) is 4.32. The average molecular weight is 503 g/mol. The highest BCUT2D eigenvalue weighted by molar-refractivity contribution is 5.85. The number of hydrogen-bond donors (Lipinski definition) is 0. The maximum absolute atomic E-state index is 4.39. The van der Waals surface area contributed by atoms with Crippen LogP contribution in [0, 0.1) is 0 Å². The first-order valence-electron chi connectivity index (χ1n) is 13.1. The second-order valence-corrected chi connectivity index (χ2v) is 9.62. The molecule has 2 heterocycles. The third-order valence-electron chi connectivity index (χ3n) is 7.20. The third-order valence-corrected chi connectivity index (χ3v) is 7.20. The van der Waals surface area contributed by atoms with E-state index in [0.29, 0.717) is 0 Å². The molecule has 6 aromatic rings. The molecule has 0 N–H and O–H groups in total. The van der Waals surface area contributed by atoms with E-state index in [1.807, 2.05) is 49.1 Å². The fourth-order valence-corrected chi connectivity index (χ4v) is 5.48. The Hall–Kier alpha value is -5.22. The van der Waals surface area contributed by atoms with Crippen LogP contribution in [0.5, 0.6) is 0 Å². The van der Waals surface area contributed by atoms with Crippen LogP contribution in [0.25, 0.3) is 11.1 Å². The summed E-state index contributed by atoms with van der Waals surface area (Å²) in [7, 11) is 0. The zero-order chi connectivity index (χ0) is 26.0. The first-order valence-corrected chi connectivity index (χ1v) is 13.1. The van der Waals surface area contributed by atoms with Gasteiger partial charge in [0.1, 0.15) is 0 Å². The second-order valence-electron chi connectivity index (χ2n) is 9.62. The van der Waals surface area contributed by atoms with Crippen molar-refractivity contribution in [2.24, 2.45) is 0 Å². The first kappa shape index (κ1) is 22.9. The number of anilines is 6. The first-order chi connectivity index (χ1) is 19.3. The summed E-state index contributed by atoms with van der Waals surface area (Å²) in [5.41, 5.74) is 11.8. The van der Waals surface area contributed by atoms with Gasteiger partial charge in [0, 0.05) is 35.1 Å². The zero-order valence-electron chi connectivity index (χ0n) is 21.4. The minimum atomic E-state index is 0.887. The summed E-state index contributed by atoms with van der Waals surface area (Å²) >= 11 is 0. The van der Waals surface area contributed by atoms with E-state index in [4.69, 9.17) is 0 Å². The molecule has 0 atom stereocenters. The quantitative estimate of drug-likeness (QED) is 0.227. The fraction of sp³-hybridized carbons (Fsp3) is 0.0286. The highest BCUT2D eigenvalue weighted by Gasteiger charge is 2.23. The molecule has 2 aromatic heterocycles. The van der Waals surface area contributed by atoms with E-state index in [9.17, 15) is 0 Å². The molecule has 0 unspecified atom stereocenters. The van der Waals surface area contributed by atoms with E-state index in [-0.39, 0.29) is 0 Å². The molecule has 0 spiro atoms. The summed E-state index contributed by atoms with van der Waals surface area (Å²) in [6.45, 7) is 0. The van der Waals surface area contributed by atoms with Gasteiger partial charge in [-0.3, -0.25) is 9.97 Å². The zero-order valence-corrected chi connectivity index (χ0v) is 21.4. The molecule has 1 aliphatic carbocycles. The van der Waals surface area contributed by atoms with Gasteiger partial charge in [-0.2, -0.15) is 0 Å². The predicted molar refractivity (Wildman–Crippen MR) is 160 cm³/mol. The predicted octanol–water partition coefficient (Wildman–Crippen LogP) is 8.99. The lowest BCUT2D eigenvalue weighted by molar-refractivity contribution is 1.20. The SMILES string of the molecule is c1ccc(N(c2cccnc2)c2ccc3c(c2)Cc2cc(N(c4ccccc4)c4cccnc4)ccc2-3)cc1. The minimum Gasteiger partial charge on any atom is -0.309 e. The van der Waals surface area contributed by atoms with Crippen LogP contribution in [-0.4, -0.2) is 9.97 Å². The van der Waals surface area contributed by atoms with Gasteiger partial charge in [-0.25, -0.2) is 0 Å². The van der Waals surface area contributed by atoms with Crippen molar-refractivity contribution in [2.45, 2.75) is 6.42 Å². The van der Waals surface area contributed by atoms with Crippen LogP contribution in [0.4, 0.5) is 34.1 Å². The smallest absolute Gasteiger partial charge is 0.0644 e. The molecule has 4 heteroatoms. The van der Waals surface area contributed by atoms with Crippen molar-refractivity contribution in [2.75, 3.05) is 9.80 Å². The van der Waals surface area contributed by atoms with Gasteiger partial charge in [0.25, 0.3) is 0 Å². The second kappa shape index (κ2) is 9.92. The van der Waals surface area contributed by atoms with Gasteiger partial charge in [-0.15, -0.1) is 0 Å². The van der Waals surface area contributed by atoms with Gasteiger partial charge in [0.05, 0.1) is 23.8 Å². The molecule has 39 heavy (non-hydrogen) atoms. The maximum Gasteiger partial charge on any atom is 0.0644 e. The van der Waals surface area contributed by atoms with E-state index >= 15 is 0 Å². The monoisotopic (exact) mass is 502 g/mol. The van der Waals surface area contributed by atoms with E-state index in [2.05, 4.69) is 117 Å². The molecule has 186 valence electrons. The van der Waals surface area contributed by atoms with Crippen LogP contribution in [0.2, 0.25) is 0 Å². The highest BCUT2D eigenvalue weighted by Crippen LogP contribution is 2.44. The number of pyridine rings is 2. The van der Waals surface area contributed by atoms with Crippen molar-refractivity contribution in [3.63, 3.8) is 0 Å². The Labute approximate surface area is 228 Å². The largest absolute Gasteiger partial charge is 0.309 e. The van der Waals surface area contributed by atoms with Crippen LogP contribution >= 0.6 is 0 Å². The van der Waals surface area contributed by atoms with Crippen molar-refractivity contribution in [1.29, 1.82) is 0 Å². The van der Waals surface area contributed by atoms with E-state index in [1.54, 1.807) is 0 Å². The lowest BCUT2D eigenvalue weighted by Gasteiger charge is -2.25. The molecule has 0 radical (unpaired) electrons. The minimum absolute atomic E-state index is 0.887. The Balaban J connectivity index is 1.27. The number of hydrogen-bond acceptors (Lipinski definition) is 4. The van der Waals surface area contributed by atoms with Crippen molar-refractivity contribution < 1.29 is 0 Å². The summed E-state index contributed by atoms with van der Waals surface area (Å²) < 4.78 is 0. The van der Waals surface area contributed by atoms with E-state index in [0.717, 1.165) is 40.5 Å². The Bertz CT molecular complexity index is 1510. The maximum atomic E-state index is 4.39. The summed E-state index contributed by atoms with van der Waals surface area (Å²) in [6, 6.07) is 42.7. The fourth-order valence-electron chi connectivity index (χ4n) is 5.48. The highest BCUT2D eigenvalue weighted by atomic mass is 15.2. The van der Waals surface area contributed by atoms with E-state index < -0.39 is 0 Å². The molecule has 0 aliphatic heterocycles. The molecule has 7 rings (SSSR count). The molecule has 4 aromatic carbocycles. The lowest BCUT2D eigenvalue weighted by Crippen LogP contribution is -2.10. The van der Waals surface area contributed by atoms with Gasteiger partial charge in [0.15, 0.2) is 0 Å². The Morgan fingerprint density at radius 2 is 0.846 bits per heavy atom. The van der Waals surface area contributed by atoms with E-state index in [1.165, 1.54) is 22.3 Å². The van der Waals surface area contributed by atoms with Gasteiger partial charge in [-0.05, 0) is 101 Å². The Morgan fingerprint density at radius 3 is 1.26 bits per heavy atom. The average Bonchev–Trinajstić information content (AvgIpc) is 3.37. The Kier molecular flexibility index (Phi) is 5.83. The van der Waals surface area contributed by atoms with Crippen LogP contribution in [0.15, 0.2) is 146 Å². The molecule has 0 fully saturated rings. The van der Waals surface area contributed by atoms with Crippen LogP contribution < -0.4 is 9.80 Å². The summed E-state index contributed by atoms with van der Waals surface area (Å²) in [4.78, 5) is 13.3. The summed E-state index contributed by atoms with van der Waals surface area (Å²) in [5, 5.41) is 0. The number of para-hydroxylation sites is 2. The molecule has 0 saturated carbocycles. The molecule has 1 aliphatic rings. The van der Waals surface area contributed by atoms with Gasteiger partial charge < -0.3 is 9.80 Å². The molecular weight excluding hydrogens is 476 g/mol. The number of rotatable bonds is 6. The number of fused-ring (bicyclic) bond motifs is 3. The van der Waals surface area contributed by atoms with Crippen molar-refractivity contribution in [3.8, 4) is 11.1 Å². The number of aromatic nitrogens is 2. The number of benzene rings is 4.